The predicted octanol–water partition coefficient (Wildman–Crippen LogP) is 0.982. The number of hydrogen-bond donors (Lipinski definition) is 1. The minimum Gasteiger partial charge on any atom is -0.468 e. The van der Waals surface area contributed by atoms with Crippen LogP contribution >= 0.6 is 11.3 Å². The average molecular weight is 322 g/mol. The Morgan fingerprint density at radius 3 is 2.65 bits per heavy atom. The van der Waals surface area contributed by atoms with Gasteiger partial charge in [0.25, 0.3) is 0 Å². The fourth-order valence-electron chi connectivity index (χ4n) is 1.34. The van der Waals surface area contributed by atoms with Crippen molar-refractivity contribution < 1.29 is 22.7 Å². The van der Waals surface area contributed by atoms with E-state index in [9.17, 15) is 13.2 Å². The number of ether oxygens (including phenoxy) is 2. The third kappa shape index (κ3) is 4.15. The molecule has 9 heteroatoms. The molecule has 0 fully saturated rings. The molecule has 1 rings (SSSR count). The molecular formula is C11H18N2O5S2. The Morgan fingerprint density at radius 2 is 2.10 bits per heavy atom. The van der Waals surface area contributed by atoms with Gasteiger partial charge in [0.2, 0.25) is 10.0 Å². The molecule has 0 unspecified atom stereocenters. The maximum absolute atomic E-state index is 11.7. The maximum Gasteiger partial charge on any atom is 0.317 e. The van der Waals surface area contributed by atoms with Gasteiger partial charge in [-0.05, 0) is 13.8 Å². The number of methoxy groups -OCH3 is 2. The fraction of sp³-hybridized carbons (Fsp3) is 0.636. The summed E-state index contributed by atoms with van der Waals surface area (Å²) in [6.07, 6.45) is 0. The number of anilines is 1. The Morgan fingerprint density at radius 1 is 1.45 bits per heavy atom. The monoisotopic (exact) mass is 322 g/mol. The van der Waals surface area contributed by atoms with E-state index < -0.39 is 21.4 Å². The molecule has 1 heterocycles. The molecule has 0 bridgehead atoms. The zero-order valence-electron chi connectivity index (χ0n) is 11.8. The van der Waals surface area contributed by atoms with Crippen molar-refractivity contribution in [3.8, 4) is 0 Å². The number of thiazole rings is 1. The Balaban J connectivity index is 2.86. The van der Waals surface area contributed by atoms with E-state index in [1.54, 1.807) is 19.2 Å². The normalized spacial score (nSPS) is 12.2. The summed E-state index contributed by atoms with van der Waals surface area (Å²) < 4.78 is 35.2. The summed E-state index contributed by atoms with van der Waals surface area (Å²) in [4.78, 5) is 15.8. The van der Waals surface area contributed by atoms with Crippen molar-refractivity contribution in [3.63, 3.8) is 0 Å². The van der Waals surface area contributed by atoms with E-state index in [0.29, 0.717) is 5.69 Å². The smallest absolute Gasteiger partial charge is 0.317 e. The van der Waals surface area contributed by atoms with Crippen LogP contribution in [0.4, 0.5) is 5.13 Å². The van der Waals surface area contributed by atoms with Gasteiger partial charge in [-0.2, -0.15) is 0 Å². The number of sulfonamides is 1. The minimum absolute atomic E-state index is 0.0984. The van der Waals surface area contributed by atoms with Gasteiger partial charge in [0.05, 0.1) is 25.2 Å². The minimum atomic E-state index is -3.50. The molecule has 114 valence electrons. The number of nitrogens with one attached hydrogen (secondary N) is 1. The first-order valence-corrected chi connectivity index (χ1v) is 8.30. The predicted molar refractivity (Wildman–Crippen MR) is 76.4 cm³/mol. The van der Waals surface area contributed by atoms with Crippen LogP contribution in [0.3, 0.4) is 0 Å². The number of hydrogen-bond acceptors (Lipinski definition) is 7. The van der Waals surface area contributed by atoms with E-state index in [1.165, 1.54) is 14.2 Å². The molecule has 0 aliphatic heterocycles. The quantitative estimate of drug-likeness (QED) is 0.752. The van der Waals surface area contributed by atoms with Crippen LogP contribution in [0.2, 0.25) is 0 Å². The third-order valence-electron chi connectivity index (χ3n) is 2.64. The van der Waals surface area contributed by atoms with Crippen molar-refractivity contribution >= 4 is 32.5 Å². The maximum atomic E-state index is 11.7. The zero-order chi connectivity index (χ0) is 15.4. The van der Waals surface area contributed by atoms with E-state index in [-0.39, 0.29) is 17.5 Å². The van der Waals surface area contributed by atoms with Crippen LogP contribution in [0.25, 0.3) is 0 Å². The highest BCUT2D eigenvalue weighted by Gasteiger charge is 2.33. The Bertz CT molecular complexity index is 565. The number of rotatable bonds is 7. The van der Waals surface area contributed by atoms with E-state index in [2.05, 4.69) is 9.71 Å². The zero-order valence-corrected chi connectivity index (χ0v) is 13.4. The van der Waals surface area contributed by atoms with Crippen molar-refractivity contribution in [1.29, 1.82) is 0 Å². The molecule has 1 N–H and O–H groups in total. The molecule has 0 aliphatic carbocycles. The van der Waals surface area contributed by atoms with Gasteiger partial charge in [0.1, 0.15) is 5.41 Å². The molecule has 20 heavy (non-hydrogen) atoms. The molecular weight excluding hydrogens is 304 g/mol. The summed E-state index contributed by atoms with van der Waals surface area (Å²) in [5.41, 5.74) is -0.472. The summed E-state index contributed by atoms with van der Waals surface area (Å²) in [5.74, 6) is -0.588. The second-order valence-corrected chi connectivity index (χ2v) is 7.27. The topological polar surface area (TPSA) is 94.6 Å². The summed E-state index contributed by atoms with van der Waals surface area (Å²) in [6, 6.07) is 0. The first-order valence-electron chi connectivity index (χ1n) is 5.77. The molecule has 0 saturated carbocycles. The highest BCUT2D eigenvalue weighted by atomic mass is 32.2. The molecule has 1 aromatic rings. The molecule has 0 radical (unpaired) electrons. The van der Waals surface area contributed by atoms with Gasteiger partial charge in [-0.25, -0.2) is 13.4 Å². The number of aromatic nitrogens is 1. The molecule has 0 atom stereocenters. The van der Waals surface area contributed by atoms with E-state index in [4.69, 9.17) is 9.47 Å². The summed E-state index contributed by atoms with van der Waals surface area (Å²) in [7, 11) is -0.775. The van der Waals surface area contributed by atoms with Gasteiger partial charge >= 0.3 is 5.97 Å². The van der Waals surface area contributed by atoms with E-state index >= 15 is 0 Å². The van der Waals surface area contributed by atoms with Crippen LogP contribution in [-0.4, -0.2) is 46.0 Å². The SMILES string of the molecule is COCCS(=O)(=O)Nc1nc(C(C)(C)C(=O)OC)cs1. The van der Waals surface area contributed by atoms with Crippen LogP contribution < -0.4 is 4.72 Å². The van der Waals surface area contributed by atoms with Gasteiger partial charge in [0, 0.05) is 12.5 Å². The lowest BCUT2D eigenvalue weighted by atomic mass is 9.90. The van der Waals surface area contributed by atoms with Crippen LogP contribution in [0, 0.1) is 0 Å². The van der Waals surface area contributed by atoms with Gasteiger partial charge in [-0.3, -0.25) is 9.52 Å². The van der Waals surface area contributed by atoms with Crippen molar-refractivity contribution in [3.05, 3.63) is 11.1 Å². The second kappa shape index (κ2) is 6.51. The Kier molecular flexibility index (Phi) is 5.49. The lowest BCUT2D eigenvalue weighted by Crippen LogP contribution is -2.30. The van der Waals surface area contributed by atoms with Gasteiger partial charge in [-0.1, -0.05) is 0 Å². The lowest BCUT2D eigenvalue weighted by Gasteiger charge is -2.18. The number of esters is 1. The molecule has 0 aromatic carbocycles. The van der Waals surface area contributed by atoms with Crippen molar-refractivity contribution in [1.82, 2.24) is 4.98 Å². The van der Waals surface area contributed by atoms with E-state index in [0.717, 1.165) is 11.3 Å². The average Bonchev–Trinajstić information content (AvgIpc) is 2.83. The molecule has 7 nitrogen and oxygen atoms in total. The van der Waals surface area contributed by atoms with Crippen molar-refractivity contribution in [2.75, 3.05) is 31.3 Å². The van der Waals surface area contributed by atoms with Crippen LogP contribution in [-0.2, 0) is 29.7 Å². The standard InChI is InChI=1S/C11H18N2O5S2/c1-11(2,9(14)18-4)8-7-19-10(12-8)13-20(15,16)6-5-17-3/h7H,5-6H2,1-4H3,(H,12,13). The summed E-state index contributed by atoms with van der Waals surface area (Å²) >= 11 is 1.11. The van der Waals surface area contributed by atoms with Crippen molar-refractivity contribution in [2.24, 2.45) is 0 Å². The highest BCUT2D eigenvalue weighted by molar-refractivity contribution is 7.92. The molecule has 0 saturated heterocycles. The largest absolute Gasteiger partial charge is 0.468 e. The molecule has 1 aromatic heterocycles. The van der Waals surface area contributed by atoms with Crippen LogP contribution in [0.15, 0.2) is 5.38 Å². The van der Waals surface area contributed by atoms with Crippen LogP contribution in [0.5, 0.6) is 0 Å². The first-order chi connectivity index (χ1) is 9.23. The summed E-state index contributed by atoms with van der Waals surface area (Å²) in [6.45, 7) is 3.43. The van der Waals surface area contributed by atoms with Gasteiger partial charge < -0.3 is 9.47 Å². The number of nitrogens with zero attached hydrogens (tertiary/aromatic N) is 1. The molecule has 0 spiro atoms. The number of carbonyl (C=O) groups excluding carboxylic acids is 1. The first kappa shape index (κ1) is 16.9. The second-order valence-electron chi connectivity index (χ2n) is 4.57. The third-order valence-corrected chi connectivity index (χ3v) is 4.73. The van der Waals surface area contributed by atoms with E-state index in [1.807, 2.05) is 0 Å². The fourth-order valence-corrected chi connectivity index (χ4v) is 3.44. The Hall–Kier alpha value is -1.19. The molecule has 0 amide bonds. The molecule has 0 aliphatic rings. The highest BCUT2D eigenvalue weighted by Crippen LogP contribution is 2.28. The Labute approximate surface area is 122 Å². The lowest BCUT2D eigenvalue weighted by molar-refractivity contribution is -0.146. The van der Waals surface area contributed by atoms with Crippen LogP contribution in [0.1, 0.15) is 19.5 Å². The van der Waals surface area contributed by atoms with Gasteiger partial charge in [-0.15, -0.1) is 11.3 Å². The summed E-state index contributed by atoms with van der Waals surface area (Å²) in [5, 5.41) is 1.85. The van der Waals surface area contributed by atoms with Gasteiger partial charge in [0.15, 0.2) is 5.13 Å². The number of carbonyl (C=O) groups is 1. The van der Waals surface area contributed by atoms with Crippen molar-refractivity contribution in [2.45, 2.75) is 19.3 Å².